The molecule has 0 fully saturated rings. The minimum absolute atomic E-state index is 0.0257. The molecule has 3 nitrogen and oxygen atoms in total. The molecule has 0 spiro atoms. The van der Waals surface area contributed by atoms with Crippen LogP contribution in [0, 0.1) is 0 Å². The molecule has 0 aliphatic carbocycles. The molecule has 0 amide bonds. The molecule has 20 heavy (non-hydrogen) atoms. The second kappa shape index (κ2) is 5.56. The predicted molar refractivity (Wildman–Crippen MR) is 85.9 cm³/mol. The van der Waals surface area contributed by atoms with Gasteiger partial charge in [-0.1, -0.05) is 29.8 Å². The highest BCUT2D eigenvalue weighted by Crippen LogP contribution is 2.30. The number of benzene rings is 1. The van der Waals surface area contributed by atoms with Crippen LogP contribution in [0.5, 0.6) is 0 Å². The van der Waals surface area contributed by atoms with Gasteiger partial charge in [0.15, 0.2) is 0 Å². The zero-order valence-electron chi connectivity index (χ0n) is 10.6. The standard InChI is InChI=1S/C14H11Cl2N3S/c1-8(9-4-2-3-5-11(9)15)17-12-10-6-7-20-13(10)19-14(16)18-12/h2-8H,1H3,(H,17,18,19). The molecule has 102 valence electrons. The Kier molecular flexibility index (Phi) is 3.78. The van der Waals surface area contributed by atoms with Crippen LogP contribution in [0.1, 0.15) is 18.5 Å². The number of thiophene rings is 1. The normalized spacial score (nSPS) is 12.6. The number of nitrogens with zero attached hydrogens (tertiary/aromatic N) is 2. The summed E-state index contributed by atoms with van der Waals surface area (Å²) >= 11 is 13.7. The third-order valence-corrected chi connectivity index (χ3v) is 4.34. The Balaban J connectivity index is 1.97. The van der Waals surface area contributed by atoms with E-state index in [0.717, 1.165) is 26.6 Å². The third kappa shape index (κ3) is 2.59. The van der Waals surface area contributed by atoms with Crippen LogP contribution in [0.25, 0.3) is 10.2 Å². The highest BCUT2D eigenvalue weighted by Gasteiger charge is 2.13. The minimum atomic E-state index is 0.0257. The van der Waals surface area contributed by atoms with Crippen molar-refractivity contribution < 1.29 is 0 Å². The number of rotatable bonds is 3. The van der Waals surface area contributed by atoms with Crippen molar-refractivity contribution in [3.8, 4) is 0 Å². The van der Waals surface area contributed by atoms with E-state index in [9.17, 15) is 0 Å². The first-order chi connectivity index (χ1) is 9.65. The first kappa shape index (κ1) is 13.6. The summed E-state index contributed by atoms with van der Waals surface area (Å²) in [6, 6.07) is 9.76. The quantitative estimate of drug-likeness (QED) is 0.675. The van der Waals surface area contributed by atoms with E-state index in [1.165, 1.54) is 0 Å². The van der Waals surface area contributed by atoms with Crippen molar-refractivity contribution >= 4 is 50.6 Å². The second-order valence-corrected chi connectivity index (χ2v) is 6.01. The van der Waals surface area contributed by atoms with Gasteiger partial charge in [-0.15, -0.1) is 11.3 Å². The molecule has 1 unspecified atom stereocenters. The summed E-state index contributed by atoms with van der Waals surface area (Å²) in [5, 5.41) is 7.27. The molecule has 3 aromatic rings. The minimum Gasteiger partial charge on any atom is -0.363 e. The lowest BCUT2D eigenvalue weighted by atomic mass is 10.1. The molecule has 2 aromatic heterocycles. The summed E-state index contributed by atoms with van der Waals surface area (Å²) in [5.74, 6) is 0.730. The average molecular weight is 324 g/mol. The van der Waals surface area contributed by atoms with E-state index in [1.54, 1.807) is 11.3 Å². The van der Waals surface area contributed by atoms with Crippen LogP contribution in [0.2, 0.25) is 10.3 Å². The van der Waals surface area contributed by atoms with E-state index in [0.29, 0.717) is 0 Å². The number of hydrogen-bond acceptors (Lipinski definition) is 4. The maximum Gasteiger partial charge on any atom is 0.225 e. The van der Waals surface area contributed by atoms with Crippen molar-refractivity contribution in [3.63, 3.8) is 0 Å². The molecule has 1 N–H and O–H groups in total. The van der Waals surface area contributed by atoms with Crippen LogP contribution in [-0.4, -0.2) is 9.97 Å². The molecule has 0 bridgehead atoms. The number of fused-ring (bicyclic) bond motifs is 1. The van der Waals surface area contributed by atoms with Crippen molar-refractivity contribution in [2.75, 3.05) is 5.32 Å². The average Bonchev–Trinajstić information content (AvgIpc) is 2.87. The van der Waals surface area contributed by atoms with E-state index in [-0.39, 0.29) is 11.3 Å². The fourth-order valence-corrected chi connectivity index (χ4v) is 3.33. The lowest BCUT2D eigenvalue weighted by molar-refractivity contribution is 0.876. The van der Waals surface area contributed by atoms with Gasteiger partial charge >= 0.3 is 0 Å². The smallest absolute Gasteiger partial charge is 0.225 e. The SMILES string of the molecule is CC(Nc1nc(Cl)nc2sccc12)c1ccccc1Cl. The molecule has 0 saturated heterocycles. The number of aromatic nitrogens is 2. The molecule has 0 radical (unpaired) electrons. The van der Waals surface area contributed by atoms with Crippen molar-refractivity contribution in [3.05, 3.63) is 51.6 Å². The molecular formula is C14H11Cl2N3S. The topological polar surface area (TPSA) is 37.8 Å². The van der Waals surface area contributed by atoms with Crippen molar-refractivity contribution in [2.45, 2.75) is 13.0 Å². The van der Waals surface area contributed by atoms with Crippen LogP contribution in [0.3, 0.4) is 0 Å². The largest absolute Gasteiger partial charge is 0.363 e. The van der Waals surface area contributed by atoms with Gasteiger partial charge in [0, 0.05) is 5.02 Å². The molecule has 3 rings (SSSR count). The summed E-state index contributed by atoms with van der Waals surface area (Å²) in [5.41, 5.74) is 1.02. The van der Waals surface area contributed by atoms with Gasteiger partial charge in [0.1, 0.15) is 10.6 Å². The molecule has 1 atom stereocenters. The van der Waals surface area contributed by atoms with Crippen molar-refractivity contribution in [1.29, 1.82) is 0 Å². The Morgan fingerprint density at radius 1 is 1.15 bits per heavy atom. The molecular weight excluding hydrogens is 313 g/mol. The zero-order chi connectivity index (χ0) is 14.1. The summed E-state index contributed by atoms with van der Waals surface area (Å²) in [7, 11) is 0. The van der Waals surface area contributed by atoms with Gasteiger partial charge < -0.3 is 5.32 Å². The zero-order valence-corrected chi connectivity index (χ0v) is 12.9. The Hall–Kier alpha value is -1.36. The number of hydrogen-bond donors (Lipinski definition) is 1. The monoisotopic (exact) mass is 323 g/mol. The first-order valence-corrected chi connectivity index (χ1v) is 7.70. The van der Waals surface area contributed by atoms with Crippen LogP contribution in [-0.2, 0) is 0 Å². The number of anilines is 1. The maximum atomic E-state index is 6.22. The van der Waals surface area contributed by atoms with Gasteiger partial charge in [-0.25, -0.2) is 9.97 Å². The highest BCUT2D eigenvalue weighted by molar-refractivity contribution is 7.16. The van der Waals surface area contributed by atoms with Gasteiger partial charge in [-0.2, -0.15) is 0 Å². The molecule has 0 aliphatic rings. The molecule has 2 heterocycles. The van der Waals surface area contributed by atoms with Crippen molar-refractivity contribution in [2.24, 2.45) is 0 Å². The molecule has 1 aromatic carbocycles. The van der Waals surface area contributed by atoms with Crippen LogP contribution < -0.4 is 5.32 Å². The van der Waals surface area contributed by atoms with E-state index in [4.69, 9.17) is 23.2 Å². The van der Waals surface area contributed by atoms with E-state index in [2.05, 4.69) is 15.3 Å². The predicted octanol–water partition coefficient (Wildman–Crippen LogP) is 5.17. The van der Waals surface area contributed by atoms with Gasteiger partial charge in [-0.05, 0) is 41.6 Å². The highest BCUT2D eigenvalue weighted by atomic mass is 35.5. The van der Waals surface area contributed by atoms with Gasteiger partial charge in [0.25, 0.3) is 0 Å². The summed E-state index contributed by atoms with van der Waals surface area (Å²) in [6.07, 6.45) is 0. The van der Waals surface area contributed by atoms with E-state index >= 15 is 0 Å². The van der Waals surface area contributed by atoms with Gasteiger partial charge in [0.05, 0.1) is 11.4 Å². The van der Waals surface area contributed by atoms with Crippen LogP contribution >= 0.6 is 34.5 Å². The van der Waals surface area contributed by atoms with Crippen molar-refractivity contribution in [1.82, 2.24) is 9.97 Å². The fourth-order valence-electron chi connectivity index (χ4n) is 2.05. The number of nitrogens with one attached hydrogen (secondary N) is 1. The summed E-state index contributed by atoms with van der Waals surface area (Å²) in [6.45, 7) is 2.04. The molecule has 6 heteroatoms. The Labute approximate surface area is 130 Å². The van der Waals surface area contributed by atoms with E-state index in [1.807, 2.05) is 42.6 Å². The molecule has 0 aliphatic heterocycles. The van der Waals surface area contributed by atoms with Crippen LogP contribution in [0.15, 0.2) is 35.7 Å². The third-order valence-electron chi connectivity index (χ3n) is 3.02. The fraction of sp³-hybridized carbons (Fsp3) is 0.143. The second-order valence-electron chi connectivity index (χ2n) is 4.37. The van der Waals surface area contributed by atoms with Crippen LogP contribution in [0.4, 0.5) is 5.82 Å². The van der Waals surface area contributed by atoms with E-state index < -0.39 is 0 Å². The molecule has 0 saturated carbocycles. The lowest BCUT2D eigenvalue weighted by Gasteiger charge is -2.16. The summed E-state index contributed by atoms with van der Waals surface area (Å²) in [4.78, 5) is 9.35. The first-order valence-electron chi connectivity index (χ1n) is 6.07. The lowest BCUT2D eigenvalue weighted by Crippen LogP contribution is -2.09. The Morgan fingerprint density at radius 3 is 2.75 bits per heavy atom. The number of halogens is 2. The van der Waals surface area contributed by atoms with Gasteiger partial charge in [-0.3, -0.25) is 0 Å². The maximum absolute atomic E-state index is 6.22. The Bertz CT molecular complexity index is 757. The van der Waals surface area contributed by atoms with Gasteiger partial charge in [0.2, 0.25) is 5.28 Å². The Morgan fingerprint density at radius 2 is 1.95 bits per heavy atom. The summed E-state index contributed by atoms with van der Waals surface area (Å²) < 4.78 is 0.